The molecule has 2 aromatic carbocycles. The molecule has 1 aliphatic rings. The Morgan fingerprint density at radius 2 is 1.72 bits per heavy atom. The van der Waals surface area contributed by atoms with E-state index in [1.165, 1.54) is 24.8 Å². The lowest BCUT2D eigenvalue weighted by atomic mass is 9.94. The zero-order valence-electron chi connectivity index (χ0n) is 32.8. The minimum atomic E-state index is -1.79. The van der Waals surface area contributed by atoms with Crippen molar-refractivity contribution < 1.29 is 38.9 Å². The molecule has 11 nitrogen and oxygen atoms in total. The molecule has 3 rings (SSSR count). The summed E-state index contributed by atoms with van der Waals surface area (Å²) in [6.45, 7) is 12.1. The summed E-state index contributed by atoms with van der Waals surface area (Å²) in [7, 11) is 3.16. The first-order valence-corrected chi connectivity index (χ1v) is 19.1. The molecular formula is C42H56BrN3O8. The maximum Gasteiger partial charge on any atom is 0.332 e. The van der Waals surface area contributed by atoms with Gasteiger partial charge in [-0.05, 0) is 84.8 Å². The average Bonchev–Trinajstić information content (AvgIpc) is 3.12. The number of ether oxygens (including phenoxy) is 2. The van der Waals surface area contributed by atoms with Gasteiger partial charge in [0.2, 0.25) is 17.7 Å². The van der Waals surface area contributed by atoms with Gasteiger partial charge in [-0.2, -0.15) is 0 Å². The molecule has 0 bridgehead atoms. The highest BCUT2D eigenvalue weighted by Crippen LogP contribution is 2.30. The Kier molecular flexibility index (Phi) is 16.3. The van der Waals surface area contributed by atoms with Crippen molar-refractivity contribution >= 4 is 39.6 Å². The third-order valence-electron chi connectivity index (χ3n) is 9.89. The number of nitrogens with zero attached hydrogens (tertiary/aromatic N) is 1. The third kappa shape index (κ3) is 11.9. The Morgan fingerprint density at radius 1 is 1.06 bits per heavy atom. The number of allylic oxidation sites excluding steroid dienone is 2. The number of phenols is 1. The number of carbonyl (C=O) groups excluding carboxylic acids is 4. The maximum atomic E-state index is 14.3. The summed E-state index contributed by atoms with van der Waals surface area (Å²) in [5.74, 6) is -3.22. The number of nitrogens with one attached hydrogen (secondary N) is 2. The van der Waals surface area contributed by atoms with Crippen molar-refractivity contribution in [1.82, 2.24) is 15.5 Å². The van der Waals surface area contributed by atoms with Crippen LogP contribution in [0.1, 0.15) is 78.5 Å². The smallest absolute Gasteiger partial charge is 0.332 e. The monoisotopic (exact) mass is 809 g/mol. The van der Waals surface area contributed by atoms with Crippen LogP contribution in [-0.2, 0) is 35.1 Å². The molecule has 1 aliphatic heterocycles. The van der Waals surface area contributed by atoms with Gasteiger partial charge in [-0.3, -0.25) is 14.4 Å². The quantitative estimate of drug-likeness (QED) is 0.245. The fourth-order valence-electron chi connectivity index (χ4n) is 6.33. The van der Waals surface area contributed by atoms with E-state index in [-0.39, 0.29) is 36.0 Å². The molecule has 1 heterocycles. The van der Waals surface area contributed by atoms with Crippen molar-refractivity contribution in [3.8, 4) is 5.75 Å². The van der Waals surface area contributed by atoms with Gasteiger partial charge in [0.15, 0.2) is 6.04 Å². The van der Waals surface area contributed by atoms with E-state index in [9.17, 15) is 29.4 Å². The predicted molar refractivity (Wildman–Crippen MR) is 212 cm³/mol. The number of benzene rings is 2. The third-order valence-corrected chi connectivity index (χ3v) is 10.5. The number of phenolic OH excluding ortho intramolecular Hbond substituents is 1. The van der Waals surface area contributed by atoms with Crippen LogP contribution in [0.2, 0.25) is 0 Å². The van der Waals surface area contributed by atoms with Crippen molar-refractivity contribution in [2.45, 2.75) is 104 Å². The highest BCUT2D eigenvalue weighted by Gasteiger charge is 2.41. The van der Waals surface area contributed by atoms with E-state index in [0.29, 0.717) is 34.0 Å². The summed E-state index contributed by atoms with van der Waals surface area (Å²) >= 11 is 3.31. The second kappa shape index (κ2) is 19.9. The topological polar surface area (TPSA) is 155 Å². The molecule has 54 heavy (non-hydrogen) atoms. The number of cyclic esters (lactones) is 1. The maximum absolute atomic E-state index is 14.3. The largest absolute Gasteiger partial charge is 0.507 e. The second-order valence-corrected chi connectivity index (χ2v) is 15.5. The first-order valence-electron chi connectivity index (χ1n) is 18.3. The van der Waals surface area contributed by atoms with Gasteiger partial charge in [0.25, 0.3) is 0 Å². The van der Waals surface area contributed by atoms with Crippen molar-refractivity contribution in [2.24, 2.45) is 11.8 Å². The Hall–Kier alpha value is -4.26. The van der Waals surface area contributed by atoms with Gasteiger partial charge in [0, 0.05) is 32.1 Å². The Morgan fingerprint density at radius 3 is 2.31 bits per heavy atom. The van der Waals surface area contributed by atoms with Gasteiger partial charge in [-0.1, -0.05) is 87.9 Å². The number of esters is 1. The van der Waals surface area contributed by atoms with E-state index in [1.807, 2.05) is 76.3 Å². The SMILES string of the molecule is CC[C@H](C)[C@H]1C(=O)N[C@H](Cc2ccc(O)c(Br)c2)C(=O)N[C@@H](C(C)(C)O)C(=O)O[C@H](c2ccccc2)[C@H](C)/C=C/C=C(\C)[C@H](OC)C/C=C(\C)C(=O)N1C. The van der Waals surface area contributed by atoms with E-state index in [2.05, 4.69) is 26.6 Å². The average molecular weight is 811 g/mol. The lowest BCUT2D eigenvalue weighted by Crippen LogP contribution is -2.61. The summed E-state index contributed by atoms with van der Waals surface area (Å²) in [5, 5.41) is 26.9. The second-order valence-electron chi connectivity index (χ2n) is 14.7. The molecule has 0 unspecified atom stereocenters. The molecule has 0 saturated carbocycles. The fourth-order valence-corrected chi connectivity index (χ4v) is 6.76. The van der Waals surface area contributed by atoms with Crippen LogP contribution in [-0.4, -0.2) is 82.8 Å². The summed E-state index contributed by atoms with van der Waals surface area (Å²) in [5.41, 5.74) is 0.840. The van der Waals surface area contributed by atoms with Crippen LogP contribution in [0.3, 0.4) is 0 Å². The van der Waals surface area contributed by atoms with E-state index < -0.39 is 47.6 Å². The van der Waals surface area contributed by atoms with Crippen LogP contribution in [0.25, 0.3) is 0 Å². The lowest BCUT2D eigenvalue weighted by molar-refractivity contribution is -0.162. The van der Waals surface area contributed by atoms with Gasteiger partial charge in [0.05, 0.1) is 16.2 Å². The van der Waals surface area contributed by atoms with Gasteiger partial charge >= 0.3 is 5.97 Å². The molecule has 4 N–H and O–H groups in total. The molecule has 0 aromatic heterocycles. The van der Waals surface area contributed by atoms with Gasteiger partial charge in [-0.25, -0.2) is 4.79 Å². The van der Waals surface area contributed by atoms with Crippen LogP contribution < -0.4 is 10.6 Å². The highest BCUT2D eigenvalue weighted by molar-refractivity contribution is 9.10. The Bertz CT molecular complexity index is 1720. The number of hydrogen-bond acceptors (Lipinski definition) is 8. The van der Waals surface area contributed by atoms with Crippen LogP contribution >= 0.6 is 15.9 Å². The molecular weight excluding hydrogens is 754 g/mol. The van der Waals surface area contributed by atoms with E-state index in [0.717, 1.165) is 5.57 Å². The number of likely N-dealkylation sites (N-methyl/N-ethyl adjacent to an activating group) is 1. The summed E-state index contributed by atoms with van der Waals surface area (Å²) in [6, 6.07) is 10.1. The summed E-state index contributed by atoms with van der Waals surface area (Å²) < 4.78 is 12.3. The first kappa shape index (κ1) is 44.1. The van der Waals surface area contributed by atoms with Crippen molar-refractivity contribution in [3.05, 3.63) is 99.6 Å². The summed E-state index contributed by atoms with van der Waals surface area (Å²) in [4.78, 5) is 57.8. The van der Waals surface area contributed by atoms with Gasteiger partial charge < -0.3 is 35.2 Å². The number of carbonyl (C=O) groups is 4. The van der Waals surface area contributed by atoms with E-state index in [1.54, 1.807) is 39.3 Å². The molecule has 2 aromatic rings. The number of hydrogen-bond donors (Lipinski definition) is 4. The molecule has 3 amide bonds. The highest BCUT2D eigenvalue weighted by atomic mass is 79.9. The molecule has 294 valence electrons. The van der Waals surface area contributed by atoms with Crippen molar-refractivity contribution in [1.29, 1.82) is 0 Å². The van der Waals surface area contributed by atoms with Crippen LogP contribution in [0.5, 0.6) is 5.75 Å². The standard InChI is InChI=1S/C42H56BrN3O8/c1-10-25(2)35-39(49)44-32(24-29-20-21-33(47)31(43)23-29)38(48)45-37(42(6,7)52)41(51)54-36(30-17-12-11-13-18-30)27(4)16-14-15-26(3)34(53-9)22-19-28(5)40(50)46(35)8/h11-21,23,25,27,32,34-37,47,52H,10,22,24H2,1-9H3,(H,44,49)(H,45,48)/b16-14+,26-15+,28-19+/t25-,27+,32+,34+,35-,36-,37+/m0/s1. The lowest BCUT2D eigenvalue weighted by Gasteiger charge is -2.34. The van der Waals surface area contributed by atoms with Gasteiger partial charge in [0.1, 0.15) is 23.9 Å². The molecule has 0 fully saturated rings. The van der Waals surface area contributed by atoms with Crippen LogP contribution in [0.15, 0.2) is 88.5 Å². The van der Waals surface area contributed by atoms with E-state index >= 15 is 0 Å². The van der Waals surface area contributed by atoms with Crippen molar-refractivity contribution in [3.63, 3.8) is 0 Å². The zero-order valence-corrected chi connectivity index (χ0v) is 34.3. The summed E-state index contributed by atoms with van der Waals surface area (Å²) in [6.07, 6.45) is 7.25. The molecule has 0 spiro atoms. The number of amides is 3. The molecule has 0 saturated heterocycles. The number of aromatic hydroxyl groups is 1. The molecule has 12 heteroatoms. The fraction of sp³-hybridized carbons (Fsp3) is 0.476. The Balaban J connectivity index is 2.19. The number of rotatable bonds is 7. The van der Waals surface area contributed by atoms with Crippen LogP contribution in [0, 0.1) is 11.8 Å². The minimum Gasteiger partial charge on any atom is -0.507 e. The molecule has 7 atom stereocenters. The Labute approximate surface area is 328 Å². The first-order chi connectivity index (χ1) is 25.4. The van der Waals surface area contributed by atoms with Gasteiger partial charge in [-0.15, -0.1) is 0 Å². The molecule has 0 aliphatic carbocycles. The normalized spacial score (nSPS) is 27.6. The van der Waals surface area contributed by atoms with E-state index in [4.69, 9.17) is 9.47 Å². The van der Waals surface area contributed by atoms with Crippen molar-refractivity contribution in [2.75, 3.05) is 14.2 Å². The number of halogens is 1. The predicted octanol–water partition coefficient (Wildman–Crippen LogP) is 6.10. The minimum absolute atomic E-state index is 0.0100. The van der Waals surface area contributed by atoms with Crippen LogP contribution in [0.4, 0.5) is 0 Å². The molecule has 0 radical (unpaired) electrons. The number of methoxy groups -OCH3 is 1. The zero-order chi connectivity index (χ0) is 40.3. The number of aliphatic hydroxyl groups is 1.